The minimum Gasteiger partial charge on any atom is -0.486 e. The molecule has 2 aliphatic rings. The van der Waals surface area contributed by atoms with E-state index in [0.29, 0.717) is 61.4 Å². The maximum atomic E-state index is 14.1. The summed E-state index contributed by atoms with van der Waals surface area (Å²) in [5.41, 5.74) is 0.968. The van der Waals surface area contributed by atoms with Gasteiger partial charge in [-0.15, -0.1) is 20.4 Å². The molecule has 4 aromatic rings. The van der Waals surface area contributed by atoms with Crippen LogP contribution in [0.4, 0.5) is 10.2 Å². The molecule has 1 spiro atoms. The van der Waals surface area contributed by atoms with Crippen molar-refractivity contribution < 1.29 is 18.3 Å². The highest BCUT2D eigenvalue weighted by atomic mass is 19.1. The Labute approximate surface area is 200 Å². The van der Waals surface area contributed by atoms with E-state index in [0.717, 1.165) is 5.56 Å². The summed E-state index contributed by atoms with van der Waals surface area (Å²) in [6.07, 6.45) is 5.38. The van der Waals surface area contributed by atoms with Gasteiger partial charge in [0.25, 0.3) is 5.89 Å². The van der Waals surface area contributed by atoms with Gasteiger partial charge >= 0.3 is 0 Å². The maximum absolute atomic E-state index is 14.1. The first kappa shape index (κ1) is 21.3. The van der Waals surface area contributed by atoms with Gasteiger partial charge in [0.15, 0.2) is 11.6 Å². The predicted molar refractivity (Wildman–Crippen MR) is 123 cm³/mol. The van der Waals surface area contributed by atoms with Crippen LogP contribution in [-0.4, -0.2) is 49.9 Å². The van der Waals surface area contributed by atoms with Crippen LogP contribution in [0.3, 0.4) is 0 Å². The Morgan fingerprint density at radius 1 is 0.971 bits per heavy atom. The zero-order chi connectivity index (χ0) is 23.8. The van der Waals surface area contributed by atoms with E-state index in [1.807, 2.05) is 18.2 Å². The lowest BCUT2D eigenvalue weighted by atomic mass is 9.82. The molecule has 0 atom stereocenters. The number of ether oxygens (including phenoxy) is 1. The minimum atomic E-state index is -0.614. The molecule has 5 heterocycles. The number of halogens is 1. The molecule has 9 nitrogen and oxygen atoms in total. The van der Waals surface area contributed by atoms with Gasteiger partial charge in [0.05, 0.1) is 18.4 Å². The number of anilines is 1. The number of rotatable bonds is 4. The Morgan fingerprint density at radius 2 is 1.80 bits per heavy atom. The lowest BCUT2D eigenvalue weighted by molar-refractivity contribution is 0.0223. The van der Waals surface area contributed by atoms with Crippen molar-refractivity contribution in [2.75, 3.05) is 18.0 Å². The topological polar surface area (TPSA) is 107 Å². The van der Waals surface area contributed by atoms with Crippen LogP contribution >= 0.6 is 0 Å². The summed E-state index contributed by atoms with van der Waals surface area (Å²) in [7, 11) is 0. The predicted octanol–water partition coefficient (Wildman–Crippen LogP) is 3.66. The standard InChI is InChI=1S/C25H21FN6O3/c26-17-2-1-3-20-23(17)19(33)15-25(35-20)8-12-32(13-9-25)21-5-4-18(28-29-21)24-31-30-22(34-24)14-16-6-10-27-11-7-16/h1-7,10-11H,8-9,12-15H2. The molecule has 10 heteroatoms. The first-order chi connectivity index (χ1) is 17.1. The number of hydrogen-bond donors (Lipinski definition) is 0. The molecule has 1 aromatic carbocycles. The van der Waals surface area contributed by atoms with Crippen LogP contribution in [0.5, 0.6) is 5.75 Å². The second kappa shape index (κ2) is 8.53. The molecule has 0 aliphatic carbocycles. The zero-order valence-corrected chi connectivity index (χ0v) is 18.7. The lowest BCUT2D eigenvalue weighted by Crippen LogP contribution is -2.51. The highest BCUT2D eigenvalue weighted by Crippen LogP contribution is 2.40. The van der Waals surface area contributed by atoms with Crippen LogP contribution in [0.1, 0.15) is 41.1 Å². The van der Waals surface area contributed by atoms with Gasteiger partial charge in [0.1, 0.15) is 22.9 Å². The number of ketones is 1. The Morgan fingerprint density at radius 3 is 2.57 bits per heavy atom. The molecule has 1 saturated heterocycles. The van der Waals surface area contributed by atoms with Crippen molar-refractivity contribution in [3.05, 3.63) is 77.7 Å². The summed E-state index contributed by atoms with van der Waals surface area (Å²) in [6, 6.07) is 12.0. The van der Waals surface area contributed by atoms with Gasteiger partial charge in [0, 0.05) is 38.3 Å². The van der Waals surface area contributed by atoms with E-state index in [-0.39, 0.29) is 17.8 Å². The monoisotopic (exact) mass is 472 g/mol. The van der Waals surface area contributed by atoms with Gasteiger partial charge in [-0.25, -0.2) is 4.39 Å². The molecule has 35 heavy (non-hydrogen) atoms. The Bertz CT molecular complexity index is 1370. The van der Waals surface area contributed by atoms with Crippen molar-refractivity contribution in [2.45, 2.75) is 31.3 Å². The molecule has 0 amide bonds. The van der Waals surface area contributed by atoms with Crippen molar-refractivity contribution in [1.29, 1.82) is 0 Å². The van der Waals surface area contributed by atoms with Gasteiger partial charge in [-0.1, -0.05) is 6.07 Å². The summed E-state index contributed by atoms with van der Waals surface area (Å²) in [5, 5.41) is 16.8. The highest BCUT2D eigenvalue weighted by Gasteiger charge is 2.44. The fourth-order valence-electron chi connectivity index (χ4n) is 4.64. The number of Topliss-reactive ketones (excluding diaryl/α,β-unsaturated/α-hetero) is 1. The van der Waals surface area contributed by atoms with Crippen molar-refractivity contribution in [2.24, 2.45) is 0 Å². The molecule has 0 unspecified atom stereocenters. The first-order valence-electron chi connectivity index (χ1n) is 11.4. The number of carbonyl (C=O) groups excluding carboxylic acids is 1. The number of nitrogens with zero attached hydrogens (tertiary/aromatic N) is 6. The molecule has 0 N–H and O–H groups in total. The van der Waals surface area contributed by atoms with Crippen LogP contribution in [0, 0.1) is 5.82 Å². The van der Waals surface area contributed by atoms with Gasteiger partial charge < -0.3 is 14.1 Å². The van der Waals surface area contributed by atoms with Crippen molar-refractivity contribution >= 4 is 11.6 Å². The molecule has 6 rings (SSSR count). The quantitative estimate of drug-likeness (QED) is 0.440. The van der Waals surface area contributed by atoms with Gasteiger partial charge in [-0.2, -0.15) is 0 Å². The Kier molecular flexibility index (Phi) is 5.20. The number of benzene rings is 1. The van der Waals surface area contributed by atoms with Crippen molar-refractivity contribution in [1.82, 2.24) is 25.4 Å². The fraction of sp³-hybridized carbons (Fsp3) is 0.280. The third-order valence-corrected chi connectivity index (χ3v) is 6.50. The van der Waals surface area contributed by atoms with Crippen LogP contribution in [-0.2, 0) is 6.42 Å². The summed E-state index contributed by atoms with van der Waals surface area (Å²) in [5.74, 6) is 1.12. The molecule has 0 radical (unpaired) electrons. The van der Waals surface area contributed by atoms with E-state index in [2.05, 4.69) is 30.3 Å². The largest absolute Gasteiger partial charge is 0.486 e. The number of fused-ring (bicyclic) bond motifs is 1. The van der Waals surface area contributed by atoms with Crippen LogP contribution in [0.25, 0.3) is 11.6 Å². The number of piperidine rings is 1. The van der Waals surface area contributed by atoms with E-state index in [1.165, 1.54) is 6.07 Å². The van der Waals surface area contributed by atoms with E-state index in [4.69, 9.17) is 9.15 Å². The molecule has 3 aromatic heterocycles. The number of pyridine rings is 1. The maximum Gasteiger partial charge on any atom is 0.268 e. The second-order valence-electron chi connectivity index (χ2n) is 8.80. The zero-order valence-electron chi connectivity index (χ0n) is 18.7. The van der Waals surface area contributed by atoms with E-state index in [1.54, 1.807) is 30.6 Å². The Balaban J connectivity index is 1.11. The average Bonchev–Trinajstić information content (AvgIpc) is 3.33. The van der Waals surface area contributed by atoms with Gasteiger partial charge in [0.2, 0.25) is 5.89 Å². The second-order valence-corrected chi connectivity index (χ2v) is 8.80. The van der Waals surface area contributed by atoms with E-state index in [9.17, 15) is 9.18 Å². The molecule has 176 valence electrons. The smallest absolute Gasteiger partial charge is 0.268 e. The highest BCUT2D eigenvalue weighted by molar-refractivity contribution is 6.00. The lowest BCUT2D eigenvalue weighted by Gasteiger charge is -2.44. The molecular formula is C25H21FN6O3. The van der Waals surface area contributed by atoms with Crippen LogP contribution < -0.4 is 9.64 Å². The summed E-state index contributed by atoms with van der Waals surface area (Å²) >= 11 is 0. The average molecular weight is 472 g/mol. The summed E-state index contributed by atoms with van der Waals surface area (Å²) in [6.45, 7) is 1.28. The van der Waals surface area contributed by atoms with Crippen LogP contribution in [0.2, 0.25) is 0 Å². The number of carbonyl (C=O) groups is 1. The summed E-state index contributed by atoms with van der Waals surface area (Å²) in [4.78, 5) is 18.7. The molecule has 1 fully saturated rings. The number of aromatic nitrogens is 5. The fourth-order valence-corrected chi connectivity index (χ4v) is 4.64. The Hall–Kier alpha value is -4.21. The molecule has 2 aliphatic heterocycles. The third kappa shape index (κ3) is 4.11. The van der Waals surface area contributed by atoms with Gasteiger partial charge in [-0.05, 0) is 42.0 Å². The van der Waals surface area contributed by atoms with Crippen LogP contribution in [0.15, 0.2) is 59.3 Å². The third-order valence-electron chi connectivity index (χ3n) is 6.50. The normalized spacial score (nSPS) is 16.7. The van der Waals surface area contributed by atoms with E-state index < -0.39 is 11.4 Å². The van der Waals surface area contributed by atoms with Gasteiger partial charge in [-0.3, -0.25) is 9.78 Å². The molecular weight excluding hydrogens is 451 g/mol. The minimum absolute atomic E-state index is 0.0620. The van der Waals surface area contributed by atoms with E-state index >= 15 is 0 Å². The number of hydrogen-bond acceptors (Lipinski definition) is 9. The van der Waals surface area contributed by atoms with Crippen molar-refractivity contribution in [3.8, 4) is 17.3 Å². The summed E-state index contributed by atoms with van der Waals surface area (Å²) < 4.78 is 26.0. The van der Waals surface area contributed by atoms with Crippen molar-refractivity contribution in [3.63, 3.8) is 0 Å². The molecule has 0 saturated carbocycles. The SMILES string of the molecule is O=C1CC2(CCN(c3ccc(-c4nnc(Cc5ccncc5)o4)nn3)CC2)Oc2cccc(F)c21. The molecule has 0 bridgehead atoms. The first-order valence-corrected chi connectivity index (χ1v) is 11.4.